The highest BCUT2D eigenvalue weighted by atomic mass is 19.1. The van der Waals surface area contributed by atoms with Crippen molar-refractivity contribution < 1.29 is 8.78 Å². The number of aryl methyl sites for hydroxylation is 1. The monoisotopic (exact) mass is 209 g/mol. The van der Waals surface area contributed by atoms with Crippen molar-refractivity contribution in [3.63, 3.8) is 0 Å². The van der Waals surface area contributed by atoms with Crippen LogP contribution >= 0.6 is 0 Å². The maximum atomic E-state index is 13.4. The Hall–Kier alpha value is -1.91. The summed E-state index contributed by atoms with van der Waals surface area (Å²) in [4.78, 5) is 0. The standard InChI is InChI=1S/C10H9F2N3/c1-15-10(13)6(5-14-15)9-7(11)3-2-4-8(9)12/h2-5H,13H2,1H3. The zero-order valence-corrected chi connectivity index (χ0v) is 8.04. The van der Waals surface area contributed by atoms with E-state index in [0.29, 0.717) is 0 Å². The van der Waals surface area contributed by atoms with E-state index in [-0.39, 0.29) is 16.9 Å². The Kier molecular flexibility index (Phi) is 2.15. The smallest absolute Gasteiger partial charge is 0.134 e. The molecule has 0 aliphatic heterocycles. The van der Waals surface area contributed by atoms with Crippen molar-refractivity contribution in [3.8, 4) is 11.1 Å². The van der Waals surface area contributed by atoms with Crippen LogP contribution in [0.4, 0.5) is 14.6 Å². The van der Waals surface area contributed by atoms with Crippen molar-refractivity contribution in [2.45, 2.75) is 0 Å². The number of benzene rings is 1. The molecule has 0 radical (unpaired) electrons. The second-order valence-electron chi connectivity index (χ2n) is 3.16. The van der Waals surface area contributed by atoms with Gasteiger partial charge in [-0.05, 0) is 12.1 Å². The molecule has 2 N–H and O–H groups in total. The van der Waals surface area contributed by atoms with Gasteiger partial charge < -0.3 is 5.73 Å². The fourth-order valence-electron chi connectivity index (χ4n) is 1.39. The third-order valence-electron chi connectivity index (χ3n) is 2.22. The molecule has 2 aromatic rings. The normalized spacial score (nSPS) is 10.6. The maximum Gasteiger partial charge on any atom is 0.134 e. The molecule has 0 atom stereocenters. The second-order valence-corrected chi connectivity index (χ2v) is 3.16. The average molecular weight is 209 g/mol. The van der Waals surface area contributed by atoms with Gasteiger partial charge in [-0.1, -0.05) is 6.07 Å². The minimum atomic E-state index is -0.644. The van der Waals surface area contributed by atoms with E-state index in [1.54, 1.807) is 7.05 Å². The minimum Gasteiger partial charge on any atom is -0.383 e. The van der Waals surface area contributed by atoms with Gasteiger partial charge in [-0.25, -0.2) is 8.78 Å². The molecule has 78 valence electrons. The summed E-state index contributed by atoms with van der Waals surface area (Å²) in [6.45, 7) is 0. The van der Waals surface area contributed by atoms with Gasteiger partial charge in [-0.15, -0.1) is 0 Å². The predicted molar refractivity (Wildman–Crippen MR) is 53.0 cm³/mol. The molecule has 1 aromatic heterocycles. The molecule has 5 heteroatoms. The predicted octanol–water partition coefficient (Wildman–Crippen LogP) is 1.95. The maximum absolute atomic E-state index is 13.4. The van der Waals surface area contributed by atoms with Crippen LogP contribution in [0, 0.1) is 11.6 Å². The Morgan fingerprint density at radius 1 is 1.27 bits per heavy atom. The number of nitrogens with two attached hydrogens (primary N) is 1. The van der Waals surface area contributed by atoms with Crippen molar-refractivity contribution in [1.82, 2.24) is 9.78 Å². The molecule has 15 heavy (non-hydrogen) atoms. The van der Waals surface area contributed by atoms with Crippen LogP contribution in [-0.2, 0) is 7.05 Å². The molecule has 1 heterocycles. The van der Waals surface area contributed by atoms with Gasteiger partial charge in [-0.3, -0.25) is 4.68 Å². The summed E-state index contributed by atoms with van der Waals surface area (Å²) >= 11 is 0. The summed E-state index contributed by atoms with van der Waals surface area (Å²) in [6.07, 6.45) is 1.34. The van der Waals surface area contributed by atoms with Crippen LogP contribution in [0.15, 0.2) is 24.4 Å². The van der Waals surface area contributed by atoms with Gasteiger partial charge in [0.05, 0.1) is 11.8 Å². The number of anilines is 1. The van der Waals surface area contributed by atoms with Gasteiger partial charge in [0.25, 0.3) is 0 Å². The molecule has 0 bridgehead atoms. The SMILES string of the molecule is Cn1ncc(-c2c(F)cccc2F)c1N. The summed E-state index contributed by atoms with van der Waals surface area (Å²) in [5, 5.41) is 3.83. The van der Waals surface area contributed by atoms with Crippen LogP contribution in [0.5, 0.6) is 0 Å². The highest BCUT2D eigenvalue weighted by Crippen LogP contribution is 2.29. The number of hydrogen-bond donors (Lipinski definition) is 1. The lowest BCUT2D eigenvalue weighted by Gasteiger charge is -2.03. The largest absolute Gasteiger partial charge is 0.383 e. The number of nitrogen functional groups attached to an aromatic ring is 1. The molecule has 0 unspecified atom stereocenters. The molecular weight excluding hydrogens is 200 g/mol. The quantitative estimate of drug-likeness (QED) is 0.780. The van der Waals surface area contributed by atoms with Crippen LogP contribution in [0.3, 0.4) is 0 Å². The van der Waals surface area contributed by atoms with Crippen molar-refractivity contribution in [2.75, 3.05) is 5.73 Å². The second kappa shape index (κ2) is 3.34. The third kappa shape index (κ3) is 1.45. The van der Waals surface area contributed by atoms with E-state index in [9.17, 15) is 8.78 Å². The molecular formula is C10H9F2N3. The number of hydrogen-bond acceptors (Lipinski definition) is 2. The van der Waals surface area contributed by atoms with Crippen LogP contribution in [0.2, 0.25) is 0 Å². The first-order valence-electron chi connectivity index (χ1n) is 4.33. The van der Waals surface area contributed by atoms with E-state index in [1.807, 2.05) is 0 Å². The molecule has 0 aliphatic carbocycles. The molecule has 0 aliphatic rings. The van der Waals surface area contributed by atoms with Gasteiger partial charge in [0.2, 0.25) is 0 Å². The van der Waals surface area contributed by atoms with E-state index in [4.69, 9.17) is 5.73 Å². The van der Waals surface area contributed by atoms with E-state index < -0.39 is 11.6 Å². The van der Waals surface area contributed by atoms with Gasteiger partial charge in [0.1, 0.15) is 17.5 Å². The number of halogens is 2. The molecule has 2 rings (SSSR count). The van der Waals surface area contributed by atoms with Gasteiger partial charge >= 0.3 is 0 Å². The summed E-state index contributed by atoms with van der Waals surface area (Å²) < 4.78 is 28.1. The van der Waals surface area contributed by atoms with Crippen LogP contribution < -0.4 is 5.73 Å². The first kappa shape index (κ1) is 9.64. The highest BCUT2D eigenvalue weighted by molar-refractivity contribution is 5.74. The van der Waals surface area contributed by atoms with Crippen LogP contribution in [-0.4, -0.2) is 9.78 Å². The topological polar surface area (TPSA) is 43.8 Å². The molecule has 0 spiro atoms. The Balaban J connectivity index is 2.69. The van der Waals surface area contributed by atoms with Crippen LogP contribution in [0.25, 0.3) is 11.1 Å². The molecule has 0 saturated heterocycles. The molecule has 1 aromatic carbocycles. The third-order valence-corrected chi connectivity index (χ3v) is 2.22. The summed E-state index contributed by atoms with van der Waals surface area (Å²) in [6, 6.07) is 3.68. The summed E-state index contributed by atoms with van der Waals surface area (Å²) in [5.74, 6) is -1.05. The zero-order valence-electron chi connectivity index (χ0n) is 8.04. The first-order chi connectivity index (χ1) is 7.11. The summed E-state index contributed by atoms with van der Waals surface area (Å²) in [5.41, 5.74) is 5.77. The first-order valence-corrected chi connectivity index (χ1v) is 4.33. The molecule has 0 saturated carbocycles. The van der Waals surface area contributed by atoms with Crippen molar-refractivity contribution in [1.29, 1.82) is 0 Å². The average Bonchev–Trinajstić information content (AvgIpc) is 2.49. The Bertz CT molecular complexity index is 485. The Morgan fingerprint density at radius 2 is 1.87 bits per heavy atom. The molecule has 3 nitrogen and oxygen atoms in total. The van der Waals surface area contributed by atoms with E-state index in [0.717, 1.165) is 0 Å². The van der Waals surface area contributed by atoms with Crippen molar-refractivity contribution >= 4 is 5.82 Å². The number of rotatable bonds is 1. The molecule has 0 fully saturated rings. The fraction of sp³-hybridized carbons (Fsp3) is 0.100. The Labute approximate surface area is 85.1 Å². The molecule has 0 amide bonds. The minimum absolute atomic E-state index is 0.136. The van der Waals surface area contributed by atoms with E-state index >= 15 is 0 Å². The number of aromatic nitrogens is 2. The van der Waals surface area contributed by atoms with E-state index in [1.165, 1.54) is 29.1 Å². The van der Waals surface area contributed by atoms with Gasteiger partial charge in [0, 0.05) is 12.6 Å². The van der Waals surface area contributed by atoms with Crippen molar-refractivity contribution in [2.24, 2.45) is 7.05 Å². The Morgan fingerprint density at radius 3 is 2.33 bits per heavy atom. The highest BCUT2D eigenvalue weighted by Gasteiger charge is 2.15. The van der Waals surface area contributed by atoms with Gasteiger partial charge in [-0.2, -0.15) is 5.10 Å². The zero-order chi connectivity index (χ0) is 11.0. The lowest BCUT2D eigenvalue weighted by molar-refractivity contribution is 0.589. The van der Waals surface area contributed by atoms with Crippen molar-refractivity contribution in [3.05, 3.63) is 36.0 Å². The lowest BCUT2D eigenvalue weighted by Crippen LogP contribution is -1.99. The fourth-order valence-corrected chi connectivity index (χ4v) is 1.39. The lowest BCUT2D eigenvalue weighted by atomic mass is 10.1. The number of nitrogens with zero attached hydrogens (tertiary/aromatic N) is 2. The van der Waals surface area contributed by atoms with Crippen LogP contribution in [0.1, 0.15) is 0 Å². The van der Waals surface area contributed by atoms with E-state index in [2.05, 4.69) is 5.10 Å². The summed E-state index contributed by atoms with van der Waals surface area (Å²) in [7, 11) is 1.61. The van der Waals surface area contributed by atoms with Gasteiger partial charge in [0.15, 0.2) is 0 Å².